The molecule has 0 saturated carbocycles. The zero-order valence-electron chi connectivity index (χ0n) is 9.64. The normalized spacial score (nSPS) is 11.0. The molecule has 0 amide bonds. The van der Waals surface area contributed by atoms with Gasteiger partial charge in [0, 0.05) is 11.3 Å². The molecule has 4 nitrogen and oxygen atoms in total. The zero-order valence-corrected chi connectivity index (χ0v) is 10.4. The van der Waals surface area contributed by atoms with Crippen molar-refractivity contribution in [3.8, 4) is 11.5 Å². The minimum atomic E-state index is 0.492. The molecule has 2 aromatic heterocycles. The number of nitrogens with two attached hydrogens (primary N) is 1. The molecule has 90 valence electrons. The third-order valence-corrected chi connectivity index (χ3v) is 2.98. The highest BCUT2D eigenvalue weighted by Gasteiger charge is 2.10. The van der Waals surface area contributed by atoms with Gasteiger partial charge in [0.05, 0.1) is 10.7 Å². The maximum Gasteiger partial charge on any atom is 0.228 e. The highest BCUT2D eigenvalue weighted by Crippen LogP contribution is 2.28. The number of anilines is 1. The summed E-state index contributed by atoms with van der Waals surface area (Å²) in [6.45, 7) is 1.91. The van der Waals surface area contributed by atoms with Crippen molar-refractivity contribution in [2.45, 2.75) is 6.92 Å². The predicted octanol–water partition coefficient (Wildman–Crippen LogP) is 3.43. The molecule has 1 aromatic carbocycles. The Hall–Kier alpha value is -2.07. The molecule has 0 saturated heterocycles. The van der Waals surface area contributed by atoms with E-state index in [0.717, 1.165) is 11.3 Å². The van der Waals surface area contributed by atoms with E-state index >= 15 is 0 Å². The number of hydrogen-bond donors (Lipinski definition) is 1. The Labute approximate surface area is 108 Å². The minimum Gasteiger partial charge on any atom is -0.434 e. The van der Waals surface area contributed by atoms with Crippen LogP contribution in [-0.4, -0.2) is 9.97 Å². The molecule has 0 bridgehead atoms. The summed E-state index contributed by atoms with van der Waals surface area (Å²) in [5.74, 6) is 0.492. The quantitative estimate of drug-likeness (QED) is 0.680. The van der Waals surface area contributed by atoms with E-state index in [2.05, 4.69) is 9.97 Å². The first-order valence-corrected chi connectivity index (χ1v) is 5.81. The number of oxazole rings is 1. The van der Waals surface area contributed by atoms with Crippen molar-refractivity contribution in [3.05, 3.63) is 41.0 Å². The second kappa shape index (κ2) is 3.99. The molecule has 3 rings (SSSR count). The number of benzene rings is 1. The van der Waals surface area contributed by atoms with E-state index in [1.807, 2.05) is 25.1 Å². The van der Waals surface area contributed by atoms with Gasteiger partial charge in [-0.15, -0.1) is 0 Å². The molecule has 0 fully saturated rings. The number of halogens is 1. The highest BCUT2D eigenvalue weighted by atomic mass is 35.5. The average Bonchev–Trinajstić information content (AvgIpc) is 2.75. The summed E-state index contributed by atoms with van der Waals surface area (Å²) in [6.07, 6.45) is 0. The van der Waals surface area contributed by atoms with Gasteiger partial charge in [0.15, 0.2) is 11.2 Å². The van der Waals surface area contributed by atoms with Crippen molar-refractivity contribution < 1.29 is 4.42 Å². The van der Waals surface area contributed by atoms with E-state index < -0.39 is 0 Å². The van der Waals surface area contributed by atoms with Crippen molar-refractivity contribution in [2.75, 3.05) is 5.73 Å². The fourth-order valence-corrected chi connectivity index (χ4v) is 1.83. The molecule has 0 unspecified atom stereocenters. The number of nitrogen functional groups attached to an aromatic ring is 1. The molecule has 3 aromatic rings. The Balaban J connectivity index is 2.16. The second-order valence-corrected chi connectivity index (χ2v) is 4.44. The average molecular weight is 260 g/mol. The van der Waals surface area contributed by atoms with Gasteiger partial charge in [0.1, 0.15) is 0 Å². The van der Waals surface area contributed by atoms with Crippen molar-refractivity contribution in [2.24, 2.45) is 0 Å². The lowest BCUT2D eigenvalue weighted by Crippen LogP contribution is -1.87. The summed E-state index contributed by atoms with van der Waals surface area (Å²) in [6, 6.07) is 9.01. The lowest BCUT2D eigenvalue weighted by Gasteiger charge is -1.99. The van der Waals surface area contributed by atoms with Crippen molar-refractivity contribution in [1.29, 1.82) is 0 Å². The molecule has 5 heteroatoms. The highest BCUT2D eigenvalue weighted by molar-refractivity contribution is 6.33. The first kappa shape index (κ1) is 11.0. The van der Waals surface area contributed by atoms with Gasteiger partial charge in [-0.3, -0.25) is 0 Å². The predicted molar refractivity (Wildman–Crippen MR) is 71.4 cm³/mol. The maximum absolute atomic E-state index is 5.88. The standard InChI is InChI=1S/C13H10ClN3O/c1-7-2-5-11-12(16-7)17-13(18-11)8-3-4-9(14)10(15)6-8/h2-6H,15H2,1H3. The SMILES string of the molecule is Cc1ccc2oc(-c3ccc(Cl)c(N)c3)nc2n1. The van der Waals surface area contributed by atoms with Crippen LogP contribution in [0.15, 0.2) is 34.7 Å². The molecular weight excluding hydrogens is 250 g/mol. The Kier molecular flexibility index (Phi) is 2.45. The fourth-order valence-electron chi connectivity index (χ4n) is 1.71. The molecule has 0 spiro atoms. The van der Waals surface area contributed by atoms with Gasteiger partial charge in [-0.2, -0.15) is 4.98 Å². The Morgan fingerprint density at radius 1 is 1.17 bits per heavy atom. The molecule has 0 aliphatic carbocycles. The monoisotopic (exact) mass is 259 g/mol. The number of nitrogens with zero attached hydrogens (tertiary/aromatic N) is 2. The first-order chi connectivity index (χ1) is 8.63. The zero-order chi connectivity index (χ0) is 12.7. The van der Waals surface area contributed by atoms with Crippen molar-refractivity contribution >= 4 is 28.5 Å². The van der Waals surface area contributed by atoms with Gasteiger partial charge in [0.2, 0.25) is 5.89 Å². The van der Waals surface area contributed by atoms with Crippen LogP contribution in [0.3, 0.4) is 0 Å². The van der Waals surface area contributed by atoms with Crippen LogP contribution in [0, 0.1) is 6.92 Å². The number of fused-ring (bicyclic) bond motifs is 1. The summed E-state index contributed by atoms with van der Waals surface area (Å²) in [5.41, 5.74) is 9.20. The molecule has 18 heavy (non-hydrogen) atoms. The molecular formula is C13H10ClN3O. The summed E-state index contributed by atoms with van der Waals surface area (Å²) >= 11 is 5.88. The fraction of sp³-hybridized carbons (Fsp3) is 0.0769. The van der Waals surface area contributed by atoms with Crippen LogP contribution in [0.1, 0.15) is 5.69 Å². The van der Waals surface area contributed by atoms with Crippen molar-refractivity contribution in [3.63, 3.8) is 0 Å². The van der Waals surface area contributed by atoms with Crippen molar-refractivity contribution in [1.82, 2.24) is 9.97 Å². The van der Waals surface area contributed by atoms with E-state index in [1.54, 1.807) is 12.1 Å². The van der Waals surface area contributed by atoms with Gasteiger partial charge >= 0.3 is 0 Å². The number of hydrogen-bond acceptors (Lipinski definition) is 4. The Bertz CT molecular complexity index is 736. The lowest BCUT2D eigenvalue weighted by molar-refractivity contribution is 0.619. The van der Waals surface area contributed by atoms with Gasteiger partial charge in [-0.05, 0) is 37.3 Å². The summed E-state index contributed by atoms with van der Waals surface area (Å²) < 4.78 is 5.63. The Morgan fingerprint density at radius 2 is 2.00 bits per heavy atom. The summed E-state index contributed by atoms with van der Waals surface area (Å²) in [5, 5.41) is 0.517. The number of rotatable bonds is 1. The molecule has 0 aliphatic heterocycles. The topological polar surface area (TPSA) is 64.9 Å². The third-order valence-electron chi connectivity index (χ3n) is 2.64. The van der Waals surface area contributed by atoms with E-state index in [-0.39, 0.29) is 0 Å². The minimum absolute atomic E-state index is 0.492. The van der Waals surface area contributed by atoms with E-state index in [4.69, 9.17) is 21.8 Å². The lowest BCUT2D eigenvalue weighted by atomic mass is 10.2. The van der Waals surface area contributed by atoms with Gasteiger partial charge in [0.25, 0.3) is 0 Å². The number of pyridine rings is 1. The smallest absolute Gasteiger partial charge is 0.228 e. The molecule has 0 radical (unpaired) electrons. The largest absolute Gasteiger partial charge is 0.434 e. The van der Waals surface area contributed by atoms with Crippen LogP contribution in [0.5, 0.6) is 0 Å². The van der Waals surface area contributed by atoms with Gasteiger partial charge in [-0.25, -0.2) is 4.98 Å². The molecule has 0 aliphatic rings. The van der Waals surface area contributed by atoms with E-state index in [1.165, 1.54) is 0 Å². The summed E-state index contributed by atoms with van der Waals surface area (Å²) in [4.78, 5) is 8.64. The van der Waals surface area contributed by atoms with Crippen LogP contribution in [-0.2, 0) is 0 Å². The van der Waals surface area contributed by atoms with Crippen LogP contribution >= 0.6 is 11.6 Å². The molecule has 0 atom stereocenters. The van der Waals surface area contributed by atoms with E-state index in [0.29, 0.717) is 27.8 Å². The van der Waals surface area contributed by atoms with Gasteiger partial charge < -0.3 is 10.2 Å². The van der Waals surface area contributed by atoms with Crippen LogP contribution in [0.4, 0.5) is 5.69 Å². The first-order valence-electron chi connectivity index (χ1n) is 5.43. The van der Waals surface area contributed by atoms with E-state index in [9.17, 15) is 0 Å². The summed E-state index contributed by atoms with van der Waals surface area (Å²) in [7, 11) is 0. The number of aromatic nitrogens is 2. The second-order valence-electron chi connectivity index (χ2n) is 4.03. The Morgan fingerprint density at radius 3 is 2.78 bits per heavy atom. The number of aryl methyl sites for hydroxylation is 1. The van der Waals surface area contributed by atoms with Crippen LogP contribution in [0.2, 0.25) is 5.02 Å². The third kappa shape index (κ3) is 1.80. The maximum atomic E-state index is 5.88. The van der Waals surface area contributed by atoms with Crippen LogP contribution < -0.4 is 5.73 Å². The van der Waals surface area contributed by atoms with Crippen LogP contribution in [0.25, 0.3) is 22.7 Å². The molecule has 2 N–H and O–H groups in total. The molecule has 2 heterocycles. The van der Waals surface area contributed by atoms with Gasteiger partial charge in [-0.1, -0.05) is 11.6 Å².